The van der Waals surface area contributed by atoms with E-state index in [1.54, 1.807) is 10.9 Å². The Bertz CT molecular complexity index is 525. The van der Waals surface area contributed by atoms with E-state index in [4.69, 9.17) is 0 Å². The number of nitrogens with zero attached hydrogens (tertiary/aromatic N) is 2. The van der Waals surface area contributed by atoms with Crippen LogP contribution in [0.3, 0.4) is 0 Å². The van der Waals surface area contributed by atoms with E-state index in [9.17, 15) is 8.42 Å². The van der Waals surface area contributed by atoms with Crippen LogP contribution >= 0.6 is 0 Å². The van der Waals surface area contributed by atoms with Crippen molar-refractivity contribution in [3.8, 4) is 0 Å². The summed E-state index contributed by atoms with van der Waals surface area (Å²) in [4.78, 5) is 0.319. The normalized spacial score (nSPS) is 31.7. The lowest BCUT2D eigenvalue weighted by Crippen LogP contribution is -2.39. The summed E-state index contributed by atoms with van der Waals surface area (Å²) in [5, 5.41) is 7.77. The number of rotatable bonds is 3. The Hall–Kier alpha value is -0.880. The van der Waals surface area contributed by atoms with Crippen LogP contribution in [-0.4, -0.2) is 36.5 Å². The van der Waals surface area contributed by atoms with Gasteiger partial charge in [-0.3, -0.25) is 4.68 Å². The van der Waals surface area contributed by atoms with Crippen LogP contribution in [0.15, 0.2) is 17.3 Å². The van der Waals surface area contributed by atoms with Gasteiger partial charge in [-0.2, -0.15) is 5.10 Å². The molecule has 0 aliphatic carbocycles. The third-order valence-corrected chi connectivity index (χ3v) is 5.12. The van der Waals surface area contributed by atoms with Gasteiger partial charge in [-0.05, 0) is 31.6 Å². The summed E-state index contributed by atoms with van der Waals surface area (Å²) < 4.78 is 24.6. The van der Waals surface area contributed by atoms with Crippen LogP contribution in [0.4, 0.5) is 0 Å². The second kappa shape index (κ2) is 4.35. The minimum absolute atomic E-state index is 0.319. The fourth-order valence-electron chi connectivity index (χ4n) is 3.22. The van der Waals surface area contributed by atoms with E-state index in [0.29, 0.717) is 22.9 Å². The molecule has 2 fully saturated rings. The lowest BCUT2D eigenvalue weighted by atomic mass is 9.92. The number of fused-ring (bicyclic) bond motifs is 2. The molecule has 100 valence electrons. The van der Waals surface area contributed by atoms with Gasteiger partial charge in [-0.15, -0.1) is 0 Å². The maximum absolute atomic E-state index is 11.4. The first-order chi connectivity index (χ1) is 8.50. The van der Waals surface area contributed by atoms with Crippen molar-refractivity contribution in [3.05, 3.63) is 12.4 Å². The lowest BCUT2D eigenvalue weighted by molar-refractivity contribution is 0.264. The van der Waals surface area contributed by atoms with Crippen molar-refractivity contribution >= 4 is 9.84 Å². The Kier molecular flexibility index (Phi) is 2.94. The molecule has 1 aromatic heterocycles. The first kappa shape index (κ1) is 12.2. The third kappa shape index (κ3) is 2.44. The third-order valence-electron chi connectivity index (χ3n) is 4.05. The smallest absolute Gasteiger partial charge is 0.178 e. The molecule has 18 heavy (non-hydrogen) atoms. The largest absolute Gasteiger partial charge is 0.311 e. The van der Waals surface area contributed by atoms with Gasteiger partial charge >= 0.3 is 0 Å². The zero-order valence-corrected chi connectivity index (χ0v) is 11.4. The molecule has 1 aromatic rings. The van der Waals surface area contributed by atoms with E-state index >= 15 is 0 Å². The van der Waals surface area contributed by atoms with E-state index in [2.05, 4.69) is 10.4 Å². The average molecular weight is 269 g/mol. The minimum Gasteiger partial charge on any atom is -0.311 e. The fraction of sp³-hybridized carbons (Fsp3) is 0.750. The maximum Gasteiger partial charge on any atom is 0.178 e. The summed E-state index contributed by atoms with van der Waals surface area (Å²) in [7, 11) is -3.13. The summed E-state index contributed by atoms with van der Waals surface area (Å²) in [5.41, 5.74) is 0. The highest BCUT2D eigenvalue weighted by molar-refractivity contribution is 7.90. The van der Waals surface area contributed by atoms with Crippen LogP contribution in [0, 0.1) is 5.92 Å². The molecular weight excluding hydrogens is 250 g/mol. The fourth-order valence-corrected chi connectivity index (χ4v) is 3.78. The van der Waals surface area contributed by atoms with E-state index in [0.717, 1.165) is 6.54 Å². The van der Waals surface area contributed by atoms with Crippen LogP contribution in [0.25, 0.3) is 0 Å². The standard InChI is InChI=1S/C12H19N3O2S/c1-18(16,17)12-6-13-15(8-12)7-9-4-10-2-3-11(5-9)14-10/h6,8-11,14H,2-5,7H2,1H3. The van der Waals surface area contributed by atoms with E-state index in [1.807, 2.05) is 0 Å². The van der Waals surface area contributed by atoms with Gasteiger partial charge in [0.05, 0.1) is 6.20 Å². The predicted molar refractivity (Wildman–Crippen MR) is 68.0 cm³/mol. The molecule has 0 saturated carbocycles. The number of piperidine rings is 1. The first-order valence-corrected chi connectivity index (χ1v) is 8.38. The van der Waals surface area contributed by atoms with Crippen LogP contribution in [0.5, 0.6) is 0 Å². The highest BCUT2D eigenvalue weighted by Gasteiger charge is 2.33. The second-order valence-corrected chi connectivity index (χ2v) is 7.66. The highest BCUT2D eigenvalue weighted by atomic mass is 32.2. The Labute approximate surface area is 107 Å². The van der Waals surface area contributed by atoms with E-state index < -0.39 is 9.84 Å². The molecule has 0 radical (unpaired) electrons. The van der Waals surface area contributed by atoms with E-state index in [-0.39, 0.29) is 0 Å². The maximum atomic E-state index is 11.4. The molecule has 5 nitrogen and oxygen atoms in total. The molecule has 2 unspecified atom stereocenters. The van der Waals surface area contributed by atoms with Crippen molar-refractivity contribution in [2.45, 2.75) is 49.2 Å². The number of nitrogens with one attached hydrogen (secondary N) is 1. The van der Waals surface area contributed by atoms with Crippen LogP contribution < -0.4 is 5.32 Å². The van der Waals surface area contributed by atoms with Gasteiger partial charge in [0, 0.05) is 31.1 Å². The van der Waals surface area contributed by atoms with Crippen LogP contribution in [0.2, 0.25) is 0 Å². The summed E-state index contributed by atoms with van der Waals surface area (Å²) in [5.74, 6) is 0.621. The SMILES string of the molecule is CS(=O)(=O)c1cnn(CC2CC3CCC(C2)N3)c1. The Balaban J connectivity index is 1.68. The molecule has 6 heteroatoms. The predicted octanol–water partition coefficient (Wildman–Crippen LogP) is 0.817. The summed E-state index contributed by atoms with van der Waals surface area (Å²) in [6, 6.07) is 1.33. The van der Waals surface area contributed by atoms with Gasteiger partial charge in [0.2, 0.25) is 0 Å². The molecule has 0 spiro atoms. The summed E-state index contributed by atoms with van der Waals surface area (Å²) >= 11 is 0. The van der Waals surface area contributed by atoms with Crippen molar-refractivity contribution in [1.29, 1.82) is 0 Å². The molecule has 2 saturated heterocycles. The molecule has 2 aliphatic rings. The van der Waals surface area contributed by atoms with Gasteiger partial charge in [0.1, 0.15) is 4.90 Å². The number of aromatic nitrogens is 2. The van der Waals surface area contributed by atoms with E-state index in [1.165, 1.54) is 38.1 Å². The van der Waals surface area contributed by atoms with Gasteiger partial charge < -0.3 is 5.32 Å². The second-order valence-electron chi connectivity index (χ2n) is 5.65. The lowest BCUT2D eigenvalue weighted by Gasteiger charge is -2.28. The molecule has 2 bridgehead atoms. The summed E-state index contributed by atoms with van der Waals surface area (Å²) in [6.45, 7) is 0.837. The Morgan fingerprint density at radius 1 is 1.39 bits per heavy atom. The monoisotopic (exact) mass is 269 g/mol. The topological polar surface area (TPSA) is 64.0 Å². The zero-order chi connectivity index (χ0) is 12.8. The van der Waals surface area contributed by atoms with Crippen molar-refractivity contribution in [1.82, 2.24) is 15.1 Å². The molecule has 2 atom stereocenters. The summed E-state index contributed by atoms with van der Waals surface area (Å²) in [6.07, 6.45) is 9.27. The number of hydrogen-bond acceptors (Lipinski definition) is 4. The molecule has 3 heterocycles. The van der Waals surface area contributed by atoms with Crippen LogP contribution in [-0.2, 0) is 16.4 Å². The quantitative estimate of drug-likeness (QED) is 0.882. The first-order valence-electron chi connectivity index (χ1n) is 6.49. The average Bonchev–Trinajstić information content (AvgIpc) is 2.85. The number of sulfone groups is 1. The van der Waals surface area contributed by atoms with Crippen LogP contribution in [0.1, 0.15) is 25.7 Å². The van der Waals surface area contributed by atoms with Crippen molar-refractivity contribution in [3.63, 3.8) is 0 Å². The Morgan fingerprint density at radius 3 is 2.61 bits per heavy atom. The number of hydrogen-bond donors (Lipinski definition) is 1. The zero-order valence-electron chi connectivity index (χ0n) is 10.5. The molecule has 3 rings (SSSR count). The Morgan fingerprint density at radius 2 is 2.06 bits per heavy atom. The van der Waals surface area contributed by atoms with Crippen molar-refractivity contribution < 1.29 is 8.42 Å². The molecule has 0 amide bonds. The highest BCUT2D eigenvalue weighted by Crippen LogP contribution is 2.31. The van der Waals surface area contributed by atoms with Gasteiger partial charge in [-0.1, -0.05) is 0 Å². The minimum atomic E-state index is -3.13. The molecule has 2 aliphatic heterocycles. The molecule has 1 N–H and O–H groups in total. The molecular formula is C12H19N3O2S. The van der Waals surface area contributed by atoms with Gasteiger partial charge in [0.25, 0.3) is 0 Å². The van der Waals surface area contributed by atoms with Gasteiger partial charge in [0.15, 0.2) is 9.84 Å². The van der Waals surface area contributed by atoms with Gasteiger partial charge in [-0.25, -0.2) is 8.42 Å². The van der Waals surface area contributed by atoms with Crippen molar-refractivity contribution in [2.75, 3.05) is 6.26 Å². The van der Waals surface area contributed by atoms with Crippen molar-refractivity contribution in [2.24, 2.45) is 5.92 Å². The molecule has 0 aromatic carbocycles.